The maximum atomic E-state index is 9.69. The predicted octanol–water partition coefficient (Wildman–Crippen LogP) is 3.96. The van der Waals surface area contributed by atoms with Crippen LogP contribution in [0.5, 0.6) is 0 Å². The van der Waals surface area contributed by atoms with Crippen molar-refractivity contribution >= 4 is 8.32 Å². The van der Waals surface area contributed by atoms with Gasteiger partial charge < -0.3 is 19.0 Å². The molecule has 0 fully saturated rings. The number of aliphatic hydroxyl groups is 1. The Labute approximate surface area is 149 Å². The smallest absolute Gasteiger partial charge is 0.192 e. The lowest BCUT2D eigenvalue weighted by molar-refractivity contribution is -0.108. The van der Waals surface area contributed by atoms with Gasteiger partial charge in [-0.05, 0) is 31.0 Å². The third-order valence-electron chi connectivity index (χ3n) is 4.74. The van der Waals surface area contributed by atoms with Crippen molar-refractivity contribution in [1.29, 1.82) is 0 Å². The fourth-order valence-electron chi connectivity index (χ4n) is 2.27. The molecule has 0 saturated carbocycles. The summed E-state index contributed by atoms with van der Waals surface area (Å²) in [7, 11) is -0.345. The van der Waals surface area contributed by atoms with E-state index in [0.717, 1.165) is 0 Å². The van der Waals surface area contributed by atoms with E-state index in [-0.39, 0.29) is 36.6 Å². The van der Waals surface area contributed by atoms with Crippen LogP contribution in [0.2, 0.25) is 18.1 Å². The SMILES string of the molecule is C#CC[C@H](C[C@@H](OCOC)[C@@H](CO)CC=C)O[Si](C)(C)C(C)(C)C. The summed E-state index contributed by atoms with van der Waals surface area (Å²) in [6, 6.07) is 0. The minimum Gasteiger partial charge on any atom is -0.413 e. The van der Waals surface area contributed by atoms with Gasteiger partial charge in [0.05, 0.1) is 12.2 Å². The van der Waals surface area contributed by atoms with Gasteiger partial charge in [0.25, 0.3) is 0 Å². The Bertz CT molecular complexity index is 395. The van der Waals surface area contributed by atoms with Crippen LogP contribution in [0.15, 0.2) is 12.7 Å². The van der Waals surface area contributed by atoms with E-state index in [1.807, 2.05) is 0 Å². The van der Waals surface area contributed by atoms with Crippen LogP contribution in [-0.2, 0) is 13.9 Å². The molecule has 0 aliphatic heterocycles. The van der Waals surface area contributed by atoms with Crippen LogP contribution in [0, 0.1) is 18.3 Å². The average molecular weight is 357 g/mol. The normalized spacial score (nSPS) is 16.2. The Morgan fingerprint density at radius 3 is 2.38 bits per heavy atom. The molecule has 0 unspecified atom stereocenters. The van der Waals surface area contributed by atoms with E-state index in [1.165, 1.54) is 0 Å². The van der Waals surface area contributed by atoms with E-state index in [9.17, 15) is 5.11 Å². The fourth-order valence-corrected chi connectivity index (χ4v) is 3.63. The molecule has 0 aliphatic carbocycles. The van der Waals surface area contributed by atoms with Crippen LogP contribution in [-0.4, -0.2) is 46.1 Å². The molecule has 24 heavy (non-hydrogen) atoms. The number of hydrogen-bond donors (Lipinski definition) is 1. The summed E-state index contributed by atoms with van der Waals surface area (Å²) in [6.07, 6.45) is 8.93. The molecule has 0 saturated heterocycles. The standard InChI is InChI=1S/C19H36O4Si/c1-9-11-16(14-20)18(22-15-21-6)13-17(12-10-2)23-24(7,8)19(3,4)5/h2,9,16-18,20H,1,11-15H2,3-8H3/t16-,17-,18-/m1/s1. The molecule has 1 N–H and O–H groups in total. The van der Waals surface area contributed by atoms with Gasteiger partial charge in [-0.1, -0.05) is 26.8 Å². The molecule has 140 valence electrons. The highest BCUT2D eigenvalue weighted by Gasteiger charge is 2.39. The van der Waals surface area contributed by atoms with Gasteiger partial charge in [-0.25, -0.2) is 0 Å². The quantitative estimate of drug-likeness (QED) is 0.249. The minimum absolute atomic E-state index is 0.0310. The molecule has 0 bridgehead atoms. The summed E-state index contributed by atoms with van der Waals surface area (Å²) in [5.41, 5.74) is 0. The highest BCUT2D eigenvalue weighted by atomic mass is 28.4. The zero-order valence-electron chi connectivity index (χ0n) is 16.3. The molecular formula is C19H36O4Si. The lowest BCUT2D eigenvalue weighted by Crippen LogP contribution is -2.45. The third kappa shape index (κ3) is 7.95. The van der Waals surface area contributed by atoms with Crippen molar-refractivity contribution in [3.05, 3.63) is 12.7 Å². The first kappa shape index (κ1) is 23.4. The molecule has 3 atom stereocenters. The van der Waals surface area contributed by atoms with Crippen molar-refractivity contribution in [2.75, 3.05) is 20.5 Å². The van der Waals surface area contributed by atoms with Gasteiger partial charge in [0, 0.05) is 26.1 Å². The van der Waals surface area contributed by atoms with Crippen molar-refractivity contribution < 1.29 is 19.0 Å². The molecular weight excluding hydrogens is 320 g/mol. The second-order valence-corrected chi connectivity index (χ2v) is 12.5. The van der Waals surface area contributed by atoms with Crippen molar-refractivity contribution in [3.8, 4) is 12.3 Å². The molecule has 0 amide bonds. The summed E-state index contributed by atoms with van der Waals surface area (Å²) in [4.78, 5) is 0. The van der Waals surface area contributed by atoms with Crippen LogP contribution >= 0.6 is 0 Å². The first-order valence-electron chi connectivity index (χ1n) is 8.56. The monoisotopic (exact) mass is 356 g/mol. The van der Waals surface area contributed by atoms with E-state index in [2.05, 4.69) is 46.4 Å². The van der Waals surface area contributed by atoms with Gasteiger partial charge in [0.2, 0.25) is 0 Å². The lowest BCUT2D eigenvalue weighted by atomic mass is 9.94. The van der Waals surface area contributed by atoms with Crippen molar-refractivity contribution in [3.63, 3.8) is 0 Å². The van der Waals surface area contributed by atoms with Crippen LogP contribution in [0.4, 0.5) is 0 Å². The molecule has 0 rings (SSSR count). The first-order chi connectivity index (χ1) is 11.1. The molecule has 0 aromatic heterocycles. The number of rotatable bonds is 12. The van der Waals surface area contributed by atoms with Crippen LogP contribution < -0.4 is 0 Å². The highest BCUT2D eigenvalue weighted by molar-refractivity contribution is 6.74. The average Bonchev–Trinajstić information content (AvgIpc) is 2.47. The zero-order chi connectivity index (χ0) is 18.8. The van der Waals surface area contributed by atoms with Crippen LogP contribution in [0.1, 0.15) is 40.0 Å². The molecule has 0 spiro atoms. The summed E-state index contributed by atoms with van der Waals surface area (Å²) >= 11 is 0. The number of methoxy groups -OCH3 is 1. The summed E-state index contributed by atoms with van der Waals surface area (Å²) in [6.45, 7) is 15.0. The van der Waals surface area contributed by atoms with Crippen LogP contribution in [0.25, 0.3) is 0 Å². The third-order valence-corrected chi connectivity index (χ3v) is 9.27. The second kappa shape index (κ2) is 11.1. The lowest BCUT2D eigenvalue weighted by Gasteiger charge is -2.40. The summed E-state index contributed by atoms with van der Waals surface area (Å²) in [5, 5.41) is 9.80. The number of allylic oxidation sites excluding steroid dienone is 1. The van der Waals surface area contributed by atoms with Crippen LogP contribution in [0.3, 0.4) is 0 Å². The second-order valence-electron chi connectivity index (χ2n) is 7.72. The molecule has 0 aromatic rings. The summed E-state index contributed by atoms with van der Waals surface area (Å²) < 4.78 is 17.3. The van der Waals surface area contributed by atoms with E-state index in [4.69, 9.17) is 20.3 Å². The van der Waals surface area contributed by atoms with Gasteiger partial charge in [-0.15, -0.1) is 18.9 Å². The van der Waals surface area contributed by atoms with E-state index >= 15 is 0 Å². The van der Waals surface area contributed by atoms with E-state index in [1.54, 1.807) is 13.2 Å². The number of aliphatic hydroxyl groups excluding tert-OH is 1. The van der Waals surface area contributed by atoms with Gasteiger partial charge in [0.1, 0.15) is 6.79 Å². The molecule has 0 aliphatic rings. The fraction of sp³-hybridized carbons (Fsp3) is 0.789. The zero-order valence-corrected chi connectivity index (χ0v) is 17.3. The van der Waals surface area contributed by atoms with Gasteiger partial charge in [-0.2, -0.15) is 0 Å². The van der Waals surface area contributed by atoms with Gasteiger partial charge in [0.15, 0.2) is 8.32 Å². The van der Waals surface area contributed by atoms with Crippen molar-refractivity contribution in [2.24, 2.45) is 5.92 Å². The maximum Gasteiger partial charge on any atom is 0.192 e. The Kier molecular flexibility index (Phi) is 10.8. The maximum absolute atomic E-state index is 9.69. The molecule has 0 heterocycles. The first-order valence-corrected chi connectivity index (χ1v) is 11.5. The van der Waals surface area contributed by atoms with E-state index in [0.29, 0.717) is 19.3 Å². The molecule has 5 heteroatoms. The number of ether oxygens (including phenoxy) is 2. The van der Waals surface area contributed by atoms with Crippen molar-refractivity contribution in [2.45, 2.75) is 70.4 Å². The Hall–Kier alpha value is -0.643. The van der Waals surface area contributed by atoms with Gasteiger partial charge in [-0.3, -0.25) is 0 Å². The highest BCUT2D eigenvalue weighted by Crippen LogP contribution is 2.38. The topological polar surface area (TPSA) is 47.9 Å². The summed E-state index contributed by atoms with van der Waals surface area (Å²) in [5.74, 6) is 2.68. The Morgan fingerprint density at radius 2 is 1.96 bits per heavy atom. The Balaban J connectivity index is 5.17. The largest absolute Gasteiger partial charge is 0.413 e. The predicted molar refractivity (Wildman–Crippen MR) is 102 cm³/mol. The molecule has 4 nitrogen and oxygen atoms in total. The van der Waals surface area contributed by atoms with Crippen molar-refractivity contribution in [1.82, 2.24) is 0 Å². The minimum atomic E-state index is -1.93. The molecule has 0 radical (unpaired) electrons. The Morgan fingerprint density at radius 1 is 1.33 bits per heavy atom. The van der Waals surface area contributed by atoms with E-state index < -0.39 is 8.32 Å². The number of terminal acetylenes is 1. The number of hydrogen-bond acceptors (Lipinski definition) is 4. The molecule has 0 aromatic carbocycles. The van der Waals surface area contributed by atoms with Gasteiger partial charge >= 0.3 is 0 Å².